The molecule has 0 amide bonds. The first-order valence-corrected chi connectivity index (χ1v) is 6.91. The summed E-state index contributed by atoms with van der Waals surface area (Å²) in [6.07, 6.45) is 2.98. The minimum atomic E-state index is 0.0822. The van der Waals surface area contributed by atoms with Crippen LogP contribution in [0.15, 0.2) is 10.7 Å². The Morgan fingerprint density at radius 1 is 1.47 bits per heavy atom. The van der Waals surface area contributed by atoms with Crippen molar-refractivity contribution < 1.29 is 9.15 Å². The lowest BCUT2D eigenvalue weighted by atomic mass is 10.1. The van der Waals surface area contributed by atoms with Crippen molar-refractivity contribution in [2.75, 3.05) is 18.6 Å². The SMILES string of the molecule is CC1OCCC1N(C)c1nc(CNC(C)(C)C)co1. The molecule has 0 aliphatic carbocycles. The van der Waals surface area contributed by atoms with E-state index in [1.807, 2.05) is 7.05 Å². The maximum Gasteiger partial charge on any atom is 0.297 e. The normalized spacial score (nSPS) is 23.8. The third kappa shape index (κ3) is 3.70. The van der Waals surface area contributed by atoms with E-state index in [1.165, 1.54) is 0 Å². The summed E-state index contributed by atoms with van der Waals surface area (Å²) < 4.78 is 11.2. The quantitative estimate of drug-likeness (QED) is 0.906. The summed E-state index contributed by atoms with van der Waals surface area (Å²) in [6.45, 7) is 10.0. The molecule has 0 saturated carbocycles. The number of rotatable bonds is 4. The van der Waals surface area contributed by atoms with Crippen molar-refractivity contribution in [2.45, 2.75) is 58.3 Å². The van der Waals surface area contributed by atoms with Crippen LogP contribution >= 0.6 is 0 Å². The highest BCUT2D eigenvalue weighted by Gasteiger charge is 2.30. The van der Waals surface area contributed by atoms with Gasteiger partial charge in [-0.1, -0.05) is 0 Å². The van der Waals surface area contributed by atoms with Gasteiger partial charge in [-0.3, -0.25) is 0 Å². The topological polar surface area (TPSA) is 50.5 Å². The van der Waals surface area contributed by atoms with E-state index in [9.17, 15) is 0 Å². The number of likely N-dealkylation sites (N-methyl/N-ethyl adjacent to an activating group) is 1. The second-order valence-corrected chi connectivity index (χ2v) is 6.27. The average Bonchev–Trinajstić information content (AvgIpc) is 2.93. The molecule has 0 aromatic carbocycles. The number of hydrogen-bond donors (Lipinski definition) is 1. The Hall–Kier alpha value is -1.07. The lowest BCUT2D eigenvalue weighted by Gasteiger charge is -2.24. The summed E-state index contributed by atoms with van der Waals surface area (Å²) >= 11 is 0. The summed E-state index contributed by atoms with van der Waals surface area (Å²) in [7, 11) is 2.02. The predicted octanol–water partition coefficient (Wildman–Crippen LogP) is 2.18. The largest absolute Gasteiger partial charge is 0.432 e. The van der Waals surface area contributed by atoms with Gasteiger partial charge in [-0.25, -0.2) is 0 Å². The molecular formula is C14H25N3O2. The molecular weight excluding hydrogens is 242 g/mol. The smallest absolute Gasteiger partial charge is 0.297 e. The number of oxazole rings is 1. The number of ether oxygens (including phenoxy) is 1. The zero-order valence-corrected chi connectivity index (χ0v) is 12.6. The Morgan fingerprint density at radius 3 is 2.79 bits per heavy atom. The van der Waals surface area contributed by atoms with Gasteiger partial charge in [0.25, 0.3) is 6.01 Å². The Morgan fingerprint density at radius 2 is 2.21 bits per heavy atom. The molecule has 108 valence electrons. The van der Waals surface area contributed by atoms with E-state index in [0.717, 1.165) is 25.3 Å². The number of anilines is 1. The monoisotopic (exact) mass is 267 g/mol. The molecule has 0 radical (unpaired) electrons. The standard InChI is InChI=1S/C14H25N3O2/c1-10-12(6-7-18-10)17(5)13-16-11(9-19-13)8-15-14(2,3)4/h9-10,12,15H,6-8H2,1-5H3. The van der Waals surface area contributed by atoms with E-state index < -0.39 is 0 Å². The van der Waals surface area contributed by atoms with E-state index in [2.05, 4.69) is 42.9 Å². The first-order valence-electron chi connectivity index (χ1n) is 6.91. The minimum Gasteiger partial charge on any atom is -0.432 e. The van der Waals surface area contributed by atoms with Gasteiger partial charge in [0.2, 0.25) is 0 Å². The fourth-order valence-corrected chi connectivity index (χ4v) is 2.27. The van der Waals surface area contributed by atoms with Gasteiger partial charge in [-0.2, -0.15) is 4.98 Å². The van der Waals surface area contributed by atoms with Crippen LogP contribution in [0.25, 0.3) is 0 Å². The molecule has 1 aromatic heterocycles. The predicted molar refractivity (Wildman–Crippen MR) is 75.3 cm³/mol. The highest BCUT2D eigenvalue weighted by Crippen LogP contribution is 2.23. The molecule has 0 bridgehead atoms. The first-order chi connectivity index (χ1) is 8.87. The average molecular weight is 267 g/mol. The lowest BCUT2D eigenvalue weighted by molar-refractivity contribution is 0.117. The molecule has 0 spiro atoms. The molecule has 1 saturated heterocycles. The Bertz CT molecular complexity index is 411. The molecule has 2 atom stereocenters. The van der Waals surface area contributed by atoms with Crippen LogP contribution in [0.3, 0.4) is 0 Å². The zero-order chi connectivity index (χ0) is 14.0. The van der Waals surface area contributed by atoms with Crippen LogP contribution in [0.2, 0.25) is 0 Å². The van der Waals surface area contributed by atoms with Crippen molar-refractivity contribution in [3.05, 3.63) is 12.0 Å². The molecule has 5 heteroatoms. The van der Waals surface area contributed by atoms with Gasteiger partial charge in [-0.15, -0.1) is 0 Å². The molecule has 19 heavy (non-hydrogen) atoms. The summed E-state index contributed by atoms with van der Waals surface area (Å²) in [5.74, 6) is 0. The van der Waals surface area contributed by atoms with Crippen LogP contribution in [0.1, 0.15) is 39.8 Å². The van der Waals surface area contributed by atoms with E-state index >= 15 is 0 Å². The number of hydrogen-bond acceptors (Lipinski definition) is 5. The maximum absolute atomic E-state index is 5.58. The molecule has 5 nitrogen and oxygen atoms in total. The fraction of sp³-hybridized carbons (Fsp3) is 0.786. The van der Waals surface area contributed by atoms with Crippen LogP contribution in [-0.2, 0) is 11.3 Å². The molecule has 2 heterocycles. The van der Waals surface area contributed by atoms with Gasteiger partial charge in [0, 0.05) is 25.7 Å². The zero-order valence-electron chi connectivity index (χ0n) is 12.6. The van der Waals surface area contributed by atoms with Gasteiger partial charge < -0.3 is 19.4 Å². The van der Waals surface area contributed by atoms with Crippen LogP contribution in [-0.4, -0.2) is 36.3 Å². The fourth-order valence-electron chi connectivity index (χ4n) is 2.27. The van der Waals surface area contributed by atoms with Crippen molar-refractivity contribution in [3.63, 3.8) is 0 Å². The summed E-state index contributed by atoms with van der Waals surface area (Å²) in [6, 6.07) is 1.02. The van der Waals surface area contributed by atoms with Crippen LogP contribution < -0.4 is 10.2 Å². The molecule has 1 aliphatic heterocycles. The van der Waals surface area contributed by atoms with Crippen molar-refractivity contribution in [2.24, 2.45) is 0 Å². The Kier molecular flexibility index (Phi) is 4.16. The molecule has 1 aromatic rings. The van der Waals surface area contributed by atoms with Crippen molar-refractivity contribution in [1.29, 1.82) is 0 Å². The summed E-state index contributed by atoms with van der Waals surface area (Å²) in [4.78, 5) is 6.62. The first kappa shape index (κ1) is 14.3. The van der Waals surface area contributed by atoms with Crippen LogP contribution in [0.5, 0.6) is 0 Å². The van der Waals surface area contributed by atoms with Crippen molar-refractivity contribution >= 4 is 6.01 Å². The third-order valence-corrected chi connectivity index (χ3v) is 3.47. The Labute approximate surface area is 115 Å². The molecule has 1 N–H and O–H groups in total. The van der Waals surface area contributed by atoms with Crippen molar-refractivity contribution in [1.82, 2.24) is 10.3 Å². The molecule has 2 rings (SSSR count). The van der Waals surface area contributed by atoms with Gasteiger partial charge in [0.05, 0.1) is 17.8 Å². The van der Waals surface area contributed by atoms with Gasteiger partial charge >= 0.3 is 0 Å². The van der Waals surface area contributed by atoms with E-state index in [-0.39, 0.29) is 11.6 Å². The van der Waals surface area contributed by atoms with Crippen LogP contribution in [0, 0.1) is 0 Å². The molecule has 1 aliphatic rings. The lowest BCUT2D eigenvalue weighted by Crippen LogP contribution is -2.37. The number of nitrogens with zero attached hydrogens (tertiary/aromatic N) is 2. The highest BCUT2D eigenvalue weighted by molar-refractivity contribution is 5.28. The second-order valence-electron chi connectivity index (χ2n) is 6.27. The number of aromatic nitrogens is 1. The van der Waals surface area contributed by atoms with E-state index in [1.54, 1.807) is 6.26 Å². The number of nitrogens with one attached hydrogen (secondary N) is 1. The van der Waals surface area contributed by atoms with E-state index in [4.69, 9.17) is 9.15 Å². The van der Waals surface area contributed by atoms with E-state index in [0.29, 0.717) is 12.1 Å². The summed E-state index contributed by atoms with van der Waals surface area (Å²) in [5, 5.41) is 3.40. The molecule has 2 unspecified atom stereocenters. The van der Waals surface area contributed by atoms with Crippen LogP contribution in [0.4, 0.5) is 6.01 Å². The Balaban J connectivity index is 1.96. The minimum absolute atomic E-state index is 0.0822. The van der Waals surface area contributed by atoms with Crippen molar-refractivity contribution in [3.8, 4) is 0 Å². The van der Waals surface area contributed by atoms with Gasteiger partial charge in [0.15, 0.2) is 0 Å². The highest BCUT2D eigenvalue weighted by atomic mass is 16.5. The van der Waals surface area contributed by atoms with Gasteiger partial charge in [0.1, 0.15) is 6.26 Å². The maximum atomic E-state index is 5.58. The second kappa shape index (κ2) is 5.51. The van der Waals surface area contributed by atoms with Gasteiger partial charge in [-0.05, 0) is 34.1 Å². The summed E-state index contributed by atoms with van der Waals surface area (Å²) in [5.41, 5.74) is 1.02. The third-order valence-electron chi connectivity index (χ3n) is 3.47. The molecule has 1 fully saturated rings.